The number of aromatic nitrogens is 4. The first-order chi connectivity index (χ1) is 13.7. The largest absolute Gasteiger partial charge is 0.473 e. The first-order valence-corrected chi connectivity index (χ1v) is 10.1. The summed E-state index contributed by atoms with van der Waals surface area (Å²) in [5.74, 6) is 1.14. The predicted octanol–water partition coefficient (Wildman–Crippen LogP) is 2.31. The van der Waals surface area contributed by atoms with Crippen LogP contribution >= 0.6 is 0 Å². The Kier molecular flexibility index (Phi) is 4.50. The number of amides is 1. The van der Waals surface area contributed by atoms with E-state index >= 15 is 0 Å². The lowest BCUT2D eigenvalue weighted by Gasteiger charge is -2.45. The molecule has 1 atom stereocenters. The molecular weight excluding hydrogens is 358 g/mol. The average Bonchev–Trinajstić information content (AvgIpc) is 3.46. The van der Waals surface area contributed by atoms with Crippen molar-refractivity contribution in [1.82, 2.24) is 25.1 Å². The van der Waals surface area contributed by atoms with Crippen molar-refractivity contribution < 1.29 is 14.3 Å². The molecule has 2 aromatic heterocycles. The van der Waals surface area contributed by atoms with E-state index in [1.807, 2.05) is 11.0 Å². The van der Waals surface area contributed by atoms with E-state index in [0.717, 1.165) is 31.4 Å². The standard InChI is InChI=1S/C20H25N5O3/c26-19(17-11-16(23-24-17)14-1-2-14)25-8-4-20(5-9-25)12-15(3-10-27-20)28-18-13-21-6-7-22-18/h6-7,11,13-15H,1-5,8-10,12H2,(H,23,24). The van der Waals surface area contributed by atoms with E-state index in [4.69, 9.17) is 9.47 Å². The molecule has 0 aromatic carbocycles. The Labute approximate surface area is 163 Å². The number of aromatic amines is 1. The lowest BCUT2D eigenvalue weighted by molar-refractivity contribution is -0.135. The Morgan fingerprint density at radius 1 is 1.25 bits per heavy atom. The molecule has 2 aliphatic heterocycles. The lowest BCUT2D eigenvalue weighted by Crippen LogP contribution is -2.52. The third kappa shape index (κ3) is 3.61. The number of nitrogens with zero attached hydrogens (tertiary/aromatic N) is 4. The highest BCUT2D eigenvalue weighted by Crippen LogP contribution is 2.39. The average molecular weight is 383 g/mol. The van der Waals surface area contributed by atoms with Gasteiger partial charge in [0.15, 0.2) is 0 Å². The number of rotatable bonds is 4. The smallest absolute Gasteiger partial charge is 0.274 e. The van der Waals surface area contributed by atoms with Gasteiger partial charge in [0, 0.05) is 49.9 Å². The molecule has 8 heteroatoms. The first kappa shape index (κ1) is 17.6. The van der Waals surface area contributed by atoms with Crippen LogP contribution < -0.4 is 4.74 Å². The molecule has 3 fully saturated rings. The van der Waals surface area contributed by atoms with Gasteiger partial charge in [0.25, 0.3) is 5.91 Å². The van der Waals surface area contributed by atoms with Crippen LogP contribution in [0.5, 0.6) is 5.88 Å². The summed E-state index contributed by atoms with van der Waals surface area (Å²) in [5.41, 5.74) is 1.41. The van der Waals surface area contributed by atoms with E-state index in [9.17, 15) is 4.79 Å². The molecule has 1 amide bonds. The summed E-state index contributed by atoms with van der Waals surface area (Å²) in [6, 6.07) is 1.92. The minimum Gasteiger partial charge on any atom is -0.473 e. The van der Waals surface area contributed by atoms with Crippen LogP contribution in [0.1, 0.15) is 60.6 Å². The van der Waals surface area contributed by atoms with E-state index in [2.05, 4.69) is 20.2 Å². The van der Waals surface area contributed by atoms with Crippen LogP contribution in [0.4, 0.5) is 0 Å². The van der Waals surface area contributed by atoms with Crippen LogP contribution in [0, 0.1) is 0 Å². The second kappa shape index (κ2) is 7.16. The van der Waals surface area contributed by atoms with Gasteiger partial charge in [-0.2, -0.15) is 5.10 Å². The zero-order valence-electron chi connectivity index (χ0n) is 15.8. The van der Waals surface area contributed by atoms with E-state index in [1.165, 1.54) is 12.8 Å². The highest BCUT2D eigenvalue weighted by Gasteiger charge is 2.42. The summed E-state index contributed by atoms with van der Waals surface area (Å²) in [6.07, 6.45) is 10.7. The number of ether oxygens (including phenoxy) is 2. The van der Waals surface area contributed by atoms with E-state index in [1.54, 1.807) is 18.6 Å². The van der Waals surface area contributed by atoms with Gasteiger partial charge in [0.05, 0.1) is 18.4 Å². The van der Waals surface area contributed by atoms with Crippen LogP contribution in [0.25, 0.3) is 0 Å². The van der Waals surface area contributed by atoms with Crippen molar-refractivity contribution in [3.8, 4) is 5.88 Å². The Balaban J connectivity index is 1.19. The van der Waals surface area contributed by atoms with Crippen molar-refractivity contribution in [1.29, 1.82) is 0 Å². The van der Waals surface area contributed by atoms with Gasteiger partial charge in [-0.1, -0.05) is 0 Å². The lowest BCUT2D eigenvalue weighted by atomic mass is 9.83. The molecule has 4 heterocycles. The number of nitrogens with one attached hydrogen (secondary N) is 1. The molecule has 148 valence electrons. The minimum absolute atomic E-state index is 0.0150. The van der Waals surface area contributed by atoms with Gasteiger partial charge in [-0.15, -0.1) is 0 Å². The van der Waals surface area contributed by atoms with Crippen molar-refractivity contribution in [2.24, 2.45) is 0 Å². The summed E-state index contributed by atoms with van der Waals surface area (Å²) >= 11 is 0. The monoisotopic (exact) mass is 383 g/mol. The molecule has 0 bridgehead atoms. The van der Waals surface area contributed by atoms with Crippen molar-refractivity contribution in [3.05, 3.63) is 36.0 Å². The molecule has 28 heavy (non-hydrogen) atoms. The highest BCUT2D eigenvalue weighted by atomic mass is 16.5. The fraction of sp³-hybridized carbons (Fsp3) is 0.600. The van der Waals surface area contributed by atoms with Gasteiger partial charge in [-0.05, 0) is 31.7 Å². The molecule has 1 N–H and O–H groups in total. The molecular formula is C20H25N5O3. The normalized spacial score (nSPS) is 24.3. The molecule has 2 saturated heterocycles. The number of carbonyl (C=O) groups is 1. The molecule has 3 aliphatic rings. The summed E-state index contributed by atoms with van der Waals surface area (Å²) < 4.78 is 12.2. The van der Waals surface area contributed by atoms with Gasteiger partial charge in [-0.3, -0.25) is 14.9 Å². The van der Waals surface area contributed by atoms with Crippen LogP contribution in [0.2, 0.25) is 0 Å². The third-order valence-corrected chi connectivity index (χ3v) is 6.07. The number of likely N-dealkylation sites (tertiary alicyclic amines) is 1. The predicted molar refractivity (Wildman–Crippen MR) is 100 cm³/mol. The zero-order valence-corrected chi connectivity index (χ0v) is 15.8. The van der Waals surface area contributed by atoms with E-state index < -0.39 is 0 Å². The van der Waals surface area contributed by atoms with E-state index in [0.29, 0.717) is 37.2 Å². The summed E-state index contributed by atoms with van der Waals surface area (Å²) in [5, 5.41) is 7.26. The Bertz CT molecular complexity index is 827. The summed E-state index contributed by atoms with van der Waals surface area (Å²) in [7, 11) is 0. The van der Waals surface area contributed by atoms with E-state index in [-0.39, 0.29) is 17.6 Å². The molecule has 1 spiro atoms. The maximum atomic E-state index is 12.8. The van der Waals surface area contributed by atoms with Gasteiger partial charge in [0.2, 0.25) is 5.88 Å². The van der Waals surface area contributed by atoms with Crippen molar-refractivity contribution in [2.75, 3.05) is 19.7 Å². The molecule has 8 nitrogen and oxygen atoms in total. The molecule has 2 aromatic rings. The molecule has 1 aliphatic carbocycles. The Morgan fingerprint density at radius 3 is 2.86 bits per heavy atom. The van der Waals surface area contributed by atoms with Crippen LogP contribution in [0.3, 0.4) is 0 Å². The quantitative estimate of drug-likeness (QED) is 0.871. The van der Waals surface area contributed by atoms with Gasteiger partial charge in [-0.25, -0.2) is 4.98 Å². The molecule has 1 unspecified atom stereocenters. The number of hydrogen-bond donors (Lipinski definition) is 1. The second-order valence-corrected chi connectivity index (χ2v) is 8.08. The second-order valence-electron chi connectivity index (χ2n) is 8.08. The zero-order chi connectivity index (χ0) is 19.0. The van der Waals surface area contributed by atoms with Crippen LogP contribution in [-0.2, 0) is 4.74 Å². The fourth-order valence-electron chi connectivity index (χ4n) is 4.28. The third-order valence-electron chi connectivity index (χ3n) is 6.07. The van der Waals surface area contributed by atoms with Crippen LogP contribution in [0.15, 0.2) is 24.7 Å². The SMILES string of the molecule is O=C(c1cc(C2CC2)[nH]n1)N1CCC2(CC1)CC(Oc1cnccn1)CCO2. The van der Waals surface area contributed by atoms with Crippen molar-refractivity contribution >= 4 is 5.91 Å². The number of H-pyrrole nitrogens is 1. The Morgan fingerprint density at radius 2 is 2.11 bits per heavy atom. The summed E-state index contributed by atoms with van der Waals surface area (Å²) in [4.78, 5) is 23.0. The summed E-state index contributed by atoms with van der Waals surface area (Å²) in [6.45, 7) is 2.04. The molecule has 0 radical (unpaired) electrons. The number of piperidine rings is 1. The first-order valence-electron chi connectivity index (χ1n) is 10.1. The number of carbonyl (C=O) groups excluding carboxylic acids is 1. The van der Waals surface area contributed by atoms with Crippen LogP contribution in [-0.4, -0.2) is 62.4 Å². The Hall–Kier alpha value is -2.48. The molecule has 1 saturated carbocycles. The van der Waals surface area contributed by atoms with Crippen molar-refractivity contribution in [2.45, 2.75) is 56.1 Å². The highest BCUT2D eigenvalue weighted by molar-refractivity contribution is 5.92. The number of hydrogen-bond acceptors (Lipinski definition) is 6. The van der Waals surface area contributed by atoms with Gasteiger partial charge in [0.1, 0.15) is 11.8 Å². The fourth-order valence-corrected chi connectivity index (χ4v) is 4.28. The maximum Gasteiger partial charge on any atom is 0.274 e. The van der Waals surface area contributed by atoms with Gasteiger partial charge < -0.3 is 14.4 Å². The van der Waals surface area contributed by atoms with Crippen molar-refractivity contribution in [3.63, 3.8) is 0 Å². The molecule has 5 rings (SSSR count). The maximum absolute atomic E-state index is 12.8. The minimum atomic E-state index is -0.216. The van der Waals surface area contributed by atoms with Gasteiger partial charge >= 0.3 is 0 Å². The topological polar surface area (TPSA) is 93.2 Å².